The fourth-order valence-electron chi connectivity index (χ4n) is 3.87. The first-order valence-electron chi connectivity index (χ1n) is 11.3. The number of para-hydroxylation sites is 1. The molecule has 2 amide bonds. The van der Waals surface area contributed by atoms with Crippen LogP contribution in [-0.2, 0) is 13.0 Å². The molecule has 1 fully saturated rings. The third-order valence-corrected chi connectivity index (χ3v) is 5.85. The van der Waals surface area contributed by atoms with E-state index in [9.17, 15) is 14.9 Å². The molecule has 1 N–H and O–H groups in total. The number of benzene rings is 3. The predicted molar refractivity (Wildman–Crippen MR) is 132 cm³/mol. The van der Waals surface area contributed by atoms with Crippen molar-refractivity contribution in [3.63, 3.8) is 0 Å². The summed E-state index contributed by atoms with van der Waals surface area (Å²) in [7, 11) is 0. The van der Waals surface area contributed by atoms with Crippen molar-refractivity contribution in [1.82, 2.24) is 4.90 Å². The van der Waals surface area contributed by atoms with Crippen LogP contribution in [0.5, 0.6) is 5.75 Å². The summed E-state index contributed by atoms with van der Waals surface area (Å²) in [6, 6.07) is 23.3. The Balaban J connectivity index is 1.31. The maximum atomic E-state index is 12.9. The number of hydrogen-bond acceptors (Lipinski definition) is 6. The molecule has 9 nitrogen and oxygen atoms in total. The lowest BCUT2D eigenvalue weighted by atomic mass is 10.1. The van der Waals surface area contributed by atoms with Crippen LogP contribution in [0.2, 0.25) is 0 Å². The molecule has 0 unspecified atom stereocenters. The van der Waals surface area contributed by atoms with Crippen LogP contribution in [0.4, 0.5) is 21.9 Å². The molecular weight excluding hydrogens is 446 g/mol. The number of rotatable bonds is 7. The van der Waals surface area contributed by atoms with Gasteiger partial charge in [0.1, 0.15) is 12.4 Å². The normalized spacial score (nSPS) is 13.1. The number of nitro groups is 1. The number of carbonyl (C=O) groups is 1. The summed E-state index contributed by atoms with van der Waals surface area (Å²) in [6.07, 6.45) is 0.358. The molecule has 1 aliphatic heterocycles. The van der Waals surface area contributed by atoms with E-state index < -0.39 is 4.92 Å². The Morgan fingerprint density at radius 2 is 1.69 bits per heavy atom. The van der Waals surface area contributed by atoms with Crippen LogP contribution in [0, 0.1) is 21.4 Å². The molecule has 178 valence electrons. The number of nitrogens with one attached hydrogen (secondary N) is 1. The van der Waals surface area contributed by atoms with Gasteiger partial charge in [-0.15, -0.1) is 0 Å². The summed E-state index contributed by atoms with van der Waals surface area (Å²) < 4.78 is 5.88. The molecule has 35 heavy (non-hydrogen) atoms. The van der Waals surface area contributed by atoms with Gasteiger partial charge in [0.05, 0.1) is 17.4 Å². The van der Waals surface area contributed by atoms with E-state index in [0.29, 0.717) is 50.6 Å². The Kier molecular flexibility index (Phi) is 7.43. The molecule has 0 bridgehead atoms. The van der Waals surface area contributed by atoms with Gasteiger partial charge in [-0.3, -0.25) is 10.1 Å². The Hall–Kier alpha value is -4.58. The summed E-state index contributed by atoms with van der Waals surface area (Å²) in [4.78, 5) is 27.2. The SMILES string of the molecule is N#CCc1ccc(OCc2ccccc2NC(=O)N2CCN(c3ccc([N+](=O)[O-])cc3)CC2)cc1. The molecule has 0 spiro atoms. The second-order valence-corrected chi connectivity index (χ2v) is 8.10. The van der Waals surface area contributed by atoms with Gasteiger partial charge >= 0.3 is 6.03 Å². The van der Waals surface area contributed by atoms with Gasteiger partial charge in [0, 0.05) is 55.2 Å². The molecule has 9 heteroatoms. The molecule has 4 rings (SSSR count). The van der Waals surface area contributed by atoms with Crippen LogP contribution in [0.1, 0.15) is 11.1 Å². The highest BCUT2D eigenvalue weighted by molar-refractivity contribution is 5.90. The van der Waals surface area contributed by atoms with E-state index >= 15 is 0 Å². The number of amides is 2. The van der Waals surface area contributed by atoms with E-state index in [1.165, 1.54) is 12.1 Å². The van der Waals surface area contributed by atoms with E-state index in [1.807, 2.05) is 48.5 Å². The number of ether oxygens (including phenoxy) is 1. The van der Waals surface area contributed by atoms with Crippen LogP contribution in [0.3, 0.4) is 0 Å². The van der Waals surface area contributed by atoms with Crippen molar-refractivity contribution in [2.24, 2.45) is 0 Å². The lowest BCUT2D eigenvalue weighted by Gasteiger charge is -2.36. The summed E-state index contributed by atoms with van der Waals surface area (Å²) >= 11 is 0. The fraction of sp³-hybridized carbons (Fsp3) is 0.231. The Morgan fingerprint density at radius 1 is 1.00 bits per heavy atom. The number of nitro benzene ring substituents is 1. The zero-order valence-electron chi connectivity index (χ0n) is 19.1. The highest BCUT2D eigenvalue weighted by Crippen LogP contribution is 2.22. The van der Waals surface area contributed by atoms with Gasteiger partial charge in [0.25, 0.3) is 5.69 Å². The van der Waals surface area contributed by atoms with Crippen molar-refractivity contribution in [2.75, 3.05) is 36.4 Å². The molecular formula is C26H25N5O4. The number of anilines is 2. The minimum atomic E-state index is -0.415. The van der Waals surface area contributed by atoms with Gasteiger partial charge in [-0.2, -0.15) is 5.26 Å². The minimum absolute atomic E-state index is 0.0606. The van der Waals surface area contributed by atoms with Gasteiger partial charge in [-0.05, 0) is 35.9 Å². The van der Waals surface area contributed by atoms with Crippen molar-refractivity contribution in [3.05, 3.63) is 94.0 Å². The lowest BCUT2D eigenvalue weighted by molar-refractivity contribution is -0.384. The fourth-order valence-corrected chi connectivity index (χ4v) is 3.87. The van der Waals surface area contributed by atoms with Gasteiger partial charge in [-0.25, -0.2) is 4.79 Å². The van der Waals surface area contributed by atoms with Gasteiger partial charge in [-0.1, -0.05) is 30.3 Å². The van der Waals surface area contributed by atoms with Crippen LogP contribution in [0.15, 0.2) is 72.8 Å². The molecule has 1 saturated heterocycles. The topological polar surface area (TPSA) is 112 Å². The lowest BCUT2D eigenvalue weighted by Crippen LogP contribution is -2.50. The summed E-state index contributed by atoms with van der Waals surface area (Å²) in [5.41, 5.74) is 3.44. The standard InChI is InChI=1S/C26H25N5O4/c27-14-13-20-5-11-24(12-6-20)35-19-21-3-1-2-4-25(21)28-26(32)30-17-15-29(16-18-30)22-7-9-23(10-8-22)31(33)34/h1-12H,13,15-19H2,(H,28,32). The smallest absolute Gasteiger partial charge is 0.321 e. The van der Waals surface area contributed by atoms with Crippen molar-refractivity contribution < 1.29 is 14.5 Å². The van der Waals surface area contributed by atoms with Crippen molar-refractivity contribution in [3.8, 4) is 11.8 Å². The predicted octanol–water partition coefficient (Wildman–Crippen LogP) is 4.59. The van der Waals surface area contributed by atoms with Crippen LogP contribution in [0.25, 0.3) is 0 Å². The zero-order valence-corrected chi connectivity index (χ0v) is 19.1. The van der Waals surface area contributed by atoms with E-state index in [2.05, 4.69) is 16.3 Å². The number of nitriles is 1. The van der Waals surface area contributed by atoms with E-state index in [4.69, 9.17) is 10.00 Å². The first kappa shape index (κ1) is 23.6. The Labute approximate surface area is 203 Å². The third-order valence-electron chi connectivity index (χ3n) is 5.85. The minimum Gasteiger partial charge on any atom is -0.489 e. The number of carbonyl (C=O) groups excluding carboxylic acids is 1. The van der Waals surface area contributed by atoms with Crippen LogP contribution in [-0.4, -0.2) is 42.0 Å². The quantitative estimate of drug-likeness (QED) is 0.398. The monoisotopic (exact) mass is 471 g/mol. The highest BCUT2D eigenvalue weighted by atomic mass is 16.6. The van der Waals surface area contributed by atoms with Gasteiger partial charge in [0.2, 0.25) is 0 Å². The molecule has 1 heterocycles. The second-order valence-electron chi connectivity index (χ2n) is 8.10. The van der Waals surface area contributed by atoms with Crippen molar-refractivity contribution in [1.29, 1.82) is 5.26 Å². The van der Waals surface area contributed by atoms with Gasteiger partial charge < -0.3 is 19.9 Å². The van der Waals surface area contributed by atoms with E-state index in [-0.39, 0.29) is 11.7 Å². The van der Waals surface area contributed by atoms with Gasteiger partial charge in [0.15, 0.2) is 0 Å². The maximum absolute atomic E-state index is 12.9. The average Bonchev–Trinajstić information content (AvgIpc) is 2.89. The molecule has 0 radical (unpaired) electrons. The highest BCUT2D eigenvalue weighted by Gasteiger charge is 2.22. The third kappa shape index (κ3) is 6.06. The molecule has 3 aromatic rings. The van der Waals surface area contributed by atoms with E-state index in [0.717, 1.165) is 16.8 Å². The molecule has 1 aliphatic rings. The summed E-state index contributed by atoms with van der Waals surface area (Å²) in [5.74, 6) is 0.690. The molecule has 0 saturated carbocycles. The summed E-state index contributed by atoms with van der Waals surface area (Å²) in [5, 5.41) is 22.6. The molecule has 3 aromatic carbocycles. The number of non-ortho nitro benzene ring substituents is 1. The number of hydrogen-bond donors (Lipinski definition) is 1. The first-order valence-corrected chi connectivity index (χ1v) is 11.3. The van der Waals surface area contributed by atoms with E-state index in [1.54, 1.807) is 17.0 Å². The molecule has 0 aliphatic carbocycles. The Bertz CT molecular complexity index is 1210. The number of nitrogens with zero attached hydrogens (tertiary/aromatic N) is 4. The molecule has 0 atom stereocenters. The second kappa shape index (κ2) is 11.0. The van der Waals surface area contributed by atoms with Crippen molar-refractivity contribution in [2.45, 2.75) is 13.0 Å². The summed E-state index contributed by atoms with van der Waals surface area (Å²) in [6.45, 7) is 2.64. The largest absolute Gasteiger partial charge is 0.489 e. The average molecular weight is 472 g/mol. The Morgan fingerprint density at radius 3 is 2.34 bits per heavy atom. The van der Waals surface area contributed by atoms with Crippen LogP contribution >= 0.6 is 0 Å². The molecule has 0 aromatic heterocycles. The van der Waals surface area contributed by atoms with Crippen LogP contribution < -0.4 is 15.0 Å². The first-order chi connectivity index (χ1) is 17.0. The zero-order chi connectivity index (χ0) is 24.6. The van der Waals surface area contributed by atoms with Crippen molar-refractivity contribution >= 4 is 23.1 Å². The number of urea groups is 1. The maximum Gasteiger partial charge on any atom is 0.321 e. The number of piperazine rings is 1.